The molecule has 3 unspecified atom stereocenters. The molecule has 2 aliphatic heterocycles. The maximum absolute atomic E-state index is 11.7. The largest absolute Gasteiger partial charge is 0.369 e. The van der Waals surface area contributed by atoms with Crippen LogP contribution in [-0.4, -0.2) is 17.6 Å². The van der Waals surface area contributed by atoms with Gasteiger partial charge in [0.1, 0.15) is 5.60 Å². The molecular formula is C17H19ClN2O2S. The van der Waals surface area contributed by atoms with Crippen molar-refractivity contribution in [3.63, 3.8) is 0 Å². The third-order valence-electron chi connectivity index (χ3n) is 4.80. The van der Waals surface area contributed by atoms with Crippen molar-refractivity contribution < 1.29 is 4.74 Å². The molecule has 4 rings (SSSR count). The molecule has 4 heterocycles. The smallest absolute Gasteiger partial charge is 0.248 e. The Morgan fingerprint density at radius 3 is 3.09 bits per heavy atom. The van der Waals surface area contributed by atoms with Gasteiger partial charge in [-0.3, -0.25) is 4.79 Å². The van der Waals surface area contributed by atoms with Gasteiger partial charge in [-0.2, -0.15) is 0 Å². The number of nitrogens with one attached hydrogen (secondary N) is 2. The summed E-state index contributed by atoms with van der Waals surface area (Å²) in [5, 5.41) is 3.61. The van der Waals surface area contributed by atoms with Gasteiger partial charge < -0.3 is 15.0 Å². The molecule has 2 N–H and O–H groups in total. The number of pyridine rings is 1. The van der Waals surface area contributed by atoms with E-state index >= 15 is 0 Å². The van der Waals surface area contributed by atoms with E-state index in [4.69, 9.17) is 16.3 Å². The highest BCUT2D eigenvalue weighted by atomic mass is 35.5. The number of hydrogen-bond donors (Lipinski definition) is 2. The Bertz CT molecular complexity index is 787. The molecule has 2 aromatic heterocycles. The summed E-state index contributed by atoms with van der Waals surface area (Å²) in [6, 6.07) is 6.14. The first kappa shape index (κ1) is 15.4. The van der Waals surface area contributed by atoms with Crippen LogP contribution in [0, 0.1) is 0 Å². The zero-order valence-corrected chi connectivity index (χ0v) is 14.5. The summed E-state index contributed by atoms with van der Waals surface area (Å²) in [7, 11) is 0. The standard InChI is InChI=1S/C17H19ClN2O2S/c1-10-8-17(16-12(3-5-22-17)6-14(18)23-16)9-13(20-10)11-2-4-19-15(21)7-11/h2,4,6-7,10,13,20H,3,5,8-9H2,1H3,(H,19,21). The fourth-order valence-corrected chi connectivity index (χ4v) is 5.42. The monoisotopic (exact) mass is 350 g/mol. The number of piperidine rings is 1. The fraction of sp³-hybridized carbons (Fsp3) is 0.471. The maximum Gasteiger partial charge on any atom is 0.248 e. The van der Waals surface area contributed by atoms with E-state index in [9.17, 15) is 4.79 Å². The number of hydrogen-bond acceptors (Lipinski definition) is 4. The molecule has 3 atom stereocenters. The van der Waals surface area contributed by atoms with E-state index in [2.05, 4.69) is 23.3 Å². The summed E-state index contributed by atoms with van der Waals surface area (Å²) >= 11 is 7.91. The van der Waals surface area contributed by atoms with Gasteiger partial charge in [0.15, 0.2) is 0 Å². The van der Waals surface area contributed by atoms with Crippen LogP contribution in [-0.2, 0) is 16.8 Å². The second-order valence-electron chi connectivity index (χ2n) is 6.51. The molecule has 0 amide bonds. The van der Waals surface area contributed by atoms with Crippen molar-refractivity contribution in [1.29, 1.82) is 0 Å². The third kappa shape index (κ3) is 2.76. The van der Waals surface area contributed by atoms with Gasteiger partial charge in [-0.25, -0.2) is 0 Å². The molecule has 2 aromatic rings. The second kappa shape index (κ2) is 5.74. The van der Waals surface area contributed by atoms with Crippen LogP contribution >= 0.6 is 22.9 Å². The van der Waals surface area contributed by atoms with Crippen molar-refractivity contribution in [3.05, 3.63) is 55.1 Å². The van der Waals surface area contributed by atoms with Crippen molar-refractivity contribution in [1.82, 2.24) is 10.3 Å². The van der Waals surface area contributed by atoms with Gasteiger partial charge in [-0.1, -0.05) is 11.6 Å². The average Bonchev–Trinajstić information content (AvgIpc) is 2.89. The van der Waals surface area contributed by atoms with E-state index in [1.165, 1.54) is 10.4 Å². The van der Waals surface area contributed by atoms with Crippen LogP contribution in [0.25, 0.3) is 0 Å². The highest BCUT2D eigenvalue weighted by molar-refractivity contribution is 7.16. The van der Waals surface area contributed by atoms with Crippen molar-refractivity contribution in [2.24, 2.45) is 0 Å². The van der Waals surface area contributed by atoms with Gasteiger partial charge in [-0.15, -0.1) is 11.3 Å². The first-order chi connectivity index (χ1) is 11.1. The number of aromatic nitrogens is 1. The summed E-state index contributed by atoms with van der Waals surface area (Å²) in [6.45, 7) is 2.91. The molecule has 1 saturated heterocycles. The molecule has 6 heteroatoms. The minimum absolute atomic E-state index is 0.0685. The Labute approximate surface area is 143 Å². The highest BCUT2D eigenvalue weighted by Crippen LogP contribution is 2.49. The molecule has 0 saturated carbocycles. The number of fused-ring (bicyclic) bond motifs is 2. The van der Waals surface area contributed by atoms with Gasteiger partial charge in [-0.05, 0) is 43.0 Å². The molecule has 0 aliphatic carbocycles. The minimum atomic E-state index is -0.288. The number of rotatable bonds is 1. The Morgan fingerprint density at radius 2 is 2.26 bits per heavy atom. The van der Waals surface area contributed by atoms with E-state index in [0.717, 1.165) is 35.8 Å². The summed E-state index contributed by atoms with van der Waals surface area (Å²) < 4.78 is 7.16. The maximum atomic E-state index is 11.7. The van der Waals surface area contributed by atoms with Crippen LogP contribution in [0.1, 0.15) is 41.8 Å². The predicted molar refractivity (Wildman–Crippen MR) is 92.3 cm³/mol. The lowest BCUT2D eigenvalue weighted by molar-refractivity contribution is -0.0954. The van der Waals surface area contributed by atoms with Crippen molar-refractivity contribution in [2.45, 2.75) is 43.9 Å². The van der Waals surface area contributed by atoms with E-state index in [1.54, 1.807) is 23.6 Å². The van der Waals surface area contributed by atoms with Crippen molar-refractivity contribution in [2.75, 3.05) is 6.61 Å². The minimum Gasteiger partial charge on any atom is -0.369 e. The summed E-state index contributed by atoms with van der Waals surface area (Å²) in [5.74, 6) is 0. The number of thiophene rings is 1. The molecule has 2 aliphatic rings. The molecule has 0 bridgehead atoms. The van der Waals surface area contributed by atoms with Crippen LogP contribution in [0.4, 0.5) is 0 Å². The average molecular weight is 351 g/mol. The number of ether oxygens (including phenoxy) is 1. The quantitative estimate of drug-likeness (QED) is 0.829. The van der Waals surface area contributed by atoms with Crippen molar-refractivity contribution >= 4 is 22.9 Å². The SMILES string of the molecule is CC1CC2(CC(c3cc[nH]c(=O)c3)N1)OCCc1cc(Cl)sc12. The van der Waals surface area contributed by atoms with E-state index in [1.807, 2.05) is 6.07 Å². The lowest BCUT2D eigenvalue weighted by atomic mass is 9.78. The zero-order valence-electron chi connectivity index (χ0n) is 12.9. The lowest BCUT2D eigenvalue weighted by Gasteiger charge is -2.46. The molecular weight excluding hydrogens is 332 g/mol. The Hall–Kier alpha value is -1.14. The van der Waals surface area contributed by atoms with Gasteiger partial charge in [0.05, 0.1) is 10.9 Å². The third-order valence-corrected chi connectivity index (χ3v) is 6.29. The zero-order chi connectivity index (χ0) is 16.0. The molecule has 4 nitrogen and oxygen atoms in total. The van der Waals surface area contributed by atoms with Gasteiger partial charge in [0, 0.05) is 35.6 Å². The molecule has 0 radical (unpaired) electrons. The van der Waals surface area contributed by atoms with Crippen LogP contribution in [0.15, 0.2) is 29.2 Å². The first-order valence-electron chi connectivity index (χ1n) is 7.93. The number of aromatic amines is 1. The molecule has 1 fully saturated rings. The van der Waals surface area contributed by atoms with Gasteiger partial charge in [0.2, 0.25) is 5.56 Å². The lowest BCUT2D eigenvalue weighted by Crippen LogP contribution is -2.49. The second-order valence-corrected chi connectivity index (χ2v) is 8.20. The van der Waals surface area contributed by atoms with Crippen LogP contribution in [0.3, 0.4) is 0 Å². The first-order valence-corrected chi connectivity index (χ1v) is 9.12. The number of H-pyrrole nitrogens is 1. The van der Waals surface area contributed by atoms with Gasteiger partial charge >= 0.3 is 0 Å². The Balaban J connectivity index is 1.74. The fourth-order valence-electron chi connectivity index (χ4n) is 3.95. The normalized spacial score (nSPS) is 30.3. The van der Waals surface area contributed by atoms with E-state index in [0.29, 0.717) is 6.04 Å². The summed E-state index contributed by atoms with van der Waals surface area (Å²) in [6.07, 6.45) is 4.39. The van der Waals surface area contributed by atoms with Gasteiger partial charge in [0.25, 0.3) is 0 Å². The topological polar surface area (TPSA) is 54.1 Å². The van der Waals surface area contributed by atoms with Crippen LogP contribution in [0.5, 0.6) is 0 Å². The highest BCUT2D eigenvalue weighted by Gasteiger charge is 2.46. The number of halogens is 1. The molecule has 23 heavy (non-hydrogen) atoms. The van der Waals surface area contributed by atoms with E-state index in [-0.39, 0.29) is 17.2 Å². The summed E-state index contributed by atoms with van der Waals surface area (Å²) in [4.78, 5) is 15.6. The Kier molecular flexibility index (Phi) is 3.84. The van der Waals surface area contributed by atoms with Crippen LogP contribution < -0.4 is 10.9 Å². The molecule has 0 aromatic carbocycles. The molecule has 1 spiro atoms. The Morgan fingerprint density at radius 1 is 1.39 bits per heavy atom. The van der Waals surface area contributed by atoms with E-state index < -0.39 is 0 Å². The molecule has 122 valence electrons. The van der Waals surface area contributed by atoms with Crippen molar-refractivity contribution in [3.8, 4) is 0 Å². The summed E-state index contributed by atoms with van der Waals surface area (Å²) in [5.41, 5.74) is 1.98. The predicted octanol–water partition coefficient (Wildman–Crippen LogP) is 3.37. The van der Waals surface area contributed by atoms with Crippen LogP contribution in [0.2, 0.25) is 4.34 Å².